The minimum Gasteiger partial charge on any atom is -0.480 e. The van der Waals surface area contributed by atoms with Crippen LogP contribution in [0.3, 0.4) is 0 Å². The maximum atomic E-state index is 12.4. The molecule has 0 aliphatic rings. The van der Waals surface area contributed by atoms with Crippen molar-refractivity contribution in [2.45, 2.75) is 38.1 Å². The number of benzene rings is 1. The summed E-state index contributed by atoms with van der Waals surface area (Å²) in [5.41, 5.74) is 0.0139. The van der Waals surface area contributed by atoms with Crippen molar-refractivity contribution in [2.24, 2.45) is 5.92 Å². The number of sulfonamides is 1. The average Bonchev–Trinajstić information content (AvgIpc) is 2.43. The molecule has 0 saturated heterocycles. The van der Waals surface area contributed by atoms with E-state index in [0.717, 1.165) is 6.07 Å². The zero-order valence-electron chi connectivity index (χ0n) is 12.4. The van der Waals surface area contributed by atoms with Crippen molar-refractivity contribution in [3.8, 4) is 0 Å². The van der Waals surface area contributed by atoms with Gasteiger partial charge in [0.1, 0.15) is 6.04 Å². The van der Waals surface area contributed by atoms with Crippen LogP contribution in [0.5, 0.6) is 0 Å². The van der Waals surface area contributed by atoms with Gasteiger partial charge in [0.15, 0.2) is 0 Å². The fraction of sp³-hybridized carbons (Fsp3) is 0.462. The lowest BCUT2D eigenvalue weighted by atomic mass is 10.1. The molecule has 1 aromatic carbocycles. The summed E-state index contributed by atoms with van der Waals surface area (Å²) < 4.78 is 26.9. The Hall–Kier alpha value is -2.00. The summed E-state index contributed by atoms with van der Waals surface area (Å²) in [5.74, 6) is -1.78. The van der Waals surface area contributed by atoms with Crippen LogP contribution in [-0.4, -0.2) is 30.5 Å². The second kappa shape index (κ2) is 6.84. The lowest BCUT2D eigenvalue weighted by Crippen LogP contribution is -2.44. The molecule has 9 heteroatoms. The van der Waals surface area contributed by atoms with Crippen LogP contribution in [0.4, 0.5) is 5.69 Å². The van der Waals surface area contributed by atoms with Crippen LogP contribution in [0.1, 0.15) is 26.3 Å². The first-order chi connectivity index (χ1) is 10.1. The molecular weight excluding hydrogens is 312 g/mol. The highest BCUT2D eigenvalue weighted by atomic mass is 32.2. The van der Waals surface area contributed by atoms with E-state index in [0.29, 0.717) is 12.0 Å². The van der Waals surface area contributed by atoms with Crippen LogP contribution in [0.25, 0.3) is 0 Å². The van der Waals surface area contributed by atoms with Crippen LogP contribution in [0, 0.1) is 16.0 Å². The van der Waals surface area contributed by atoms with Gasteiger partial charge in [0.05, 0.1) is 9.82 Å². The van der Waals surface area contributed by atoms with Crippen LogP contribution < -0.4 is 4.72 Å². The van der Waals surface area contributed by atoms with E-state index in [9.17, 15) is 23.3 Å². The van der Waals surface area contributed by atoms with E-state index < -0.39 is 32.9 Å². The molecule has 1 aromatic rings. The third-order valence-corrected chi connectivity index (χ3v) is 4.67. The molecule has 0 amide bonds. The van der Waals surface area contributed by atoms with Crippen LogP contribution in [0.15, 0.2) is 23.1 Å². The summed E-state index contributed by atoms with van der Waals surface area (Å²) in [6.45, 7) is 4.84. The first kappa shape index (κ1) is 18.1. The summed E-state index contributed by atoms with van der Waals surface area (Å²) in [6.07, 6.45) is 0.341. The van der Waals surface area contributed by atoms with Crippen molar-refractivity contribution in [1.82, 2.24) is 4.72 Å². The van der Waals surface area contributed by atoms with Gasteiger partial charge >= 0.3 is 5.97 Å². The van der Waals surface area contributed by atoms with E-state index in [2.05, 4.69) is 4.72 Å². The van der Waals surface area contributed by atoms with Gasteiger partial charge in [0.2, 0.25) is 10.0 Å². The maximum absolute atomic E-state index is 12.4. The van der Waals surface area contributed by atoms with Crippen molar-refractivity contribution in [3.63, 3.8) is 0 Å². The summed E-state index contributed by atoms with van der Waals surface area (Å²) in [6, 6.07) is 2.21. The number of nitrogens with one attached hydrogen (secondary N) is 1. The maximum Gasteiger partial charge on any atom is 0.322 e. The van der Waals surface area contributed by atoms with Gasteiger partial charge < -0.3 is 5.11 Å². The molecule has 22 heavy (non-hydrogen) atoms. The molecule has 0 fully saturated rings. The van der Waals surface area contributed by atoms with Crippen molar-refractivity contribution in [1.29, 1.82) is 0 Å². The van der Waals surface area contributed by atoms with Gasteiger partial charge in [-0.3, -0.25) is 14.9 Å². The van der Waals surface area contributed by atoms with Gasteiger partial charge in [0, 0.05) is 12.1 Å². The third kappa shape index (κ3) is 4.01. The lowest BCUT2D eigenvalue weighted by Gasteiger charge is -2.19. The molecule has 0 aromatic heterocycles. The highest BCUT2D eigenvalue weighted by Gasteiger charge is 2.30. The number of nitrogens with zero attached hydrogens (tertiary/aromatic N) is 1. The Balaban J connectivity index is 3.35. The van der Waals surface area contributed by atoms with E-state index in [-0.39, 0.29) is 10.6 Å². The van der Waals surface area contributed by atoms with E-state index in [1.165, 1.54) is 12.1 Å². The van der Waals surface area contributed by atoms with Gasteiger partial charge in [0.25, 0.3) is 5.69 Å². The summed E-state index contributed by atoms with van der Waals surface area (Å²) in [4.78, 5) is 21.0. The zero-order valence-corrected chi connectivity index (χ0v) is 13.3. The fourth-order valence-electron chi connectivity index (χ4n) is 1.90. The van der Waals surface area contributed by atoms with Crippen LogP contribution >= 0.6 is 0 Å². The second-order valence-electron chi connectivity index (χ2n) is 5.08. The van der Waals surface area contributed by atoms with Crippen LogP contribution in [-0.2, 0) is 21.2 Å². The van der Waals surface area contributed by atoms with Crippen LogP contribution in [0.2, 0.25) is 0 Å². The average molecular weight is 330 g/mol. The molecule has 122 valence electrons. The smallest absolute Gasteiger partial charge is 0.322 e. The van der Waals surface area contributed by atoms with E-state index in [1.807, 2.05) is 0 Å². The molecule has 0 bridgehead atoms. The Labute approximate surface area is 128 Å². The number of aryl methyl sites for hydroxylation is 1. The number of carboxylic acids is 1. The van der Waals surface area contributed by atoms with Crippen molar-refractivity contribution in [2.75, 3.05) is 0 Å². The lowest BCUT2D eigenvalue weighted by molar-refractivity contribution is -0.385. The molecule has 8 nitrogen and oxygen atoms in total. The monoisotopic (exact) mass is 330 g/mol. The summed E-state index contributed by atoms with van der Waals surface area (Å²) >= 11 is 0. The Morgan fingerprint density at radius 1 is 1.41 bits per heavy atom. The summed E-state index contributed by atoms with van der Waals surface area (Å²) in [7, 11) is -4.18. The highest BCUT2D eigenvalue weighted by Crippen LogP contribution is 2.23. The van der Waals surface area contributed by atoms with Gasteiger partial charge in [-0.15, -0.1) is 0 Å². The standard InChI is InChI=1S/C13H18N2O6S/c1-4-9-5-6-10(15(18)19)7-11(9)22(20,21)14-12(8(2)3)13(16)17/h5-8,12,14H,4H2,1-3H3,(H,16,17). The van der Waals surface area contributed by atoms with Crippen molar-refractivity contribution < 1.29 is 23.2 Å². The van der Waals surface area contributed by atoms with Gasteiger partial charge in [-0.1, -0.05) is 26.8 Å². The second-order valence-corrected chi connectivity index (χ2v) is 6.77. The van der Waals surface area contributed by atoms with Gasteiger partial charge in [-0.25, -0.2) is 8.42 Å². The predicted molar refractivity (Wildman–Crippen MR) is 79.1 cm³/mol. The predicted octanol–water partition coefficient (Wildman–Crippen LogP) is 1.54. The third-order valence-electron chi connectivity index (χ3n) is 3.15. The van der Waals surface area contributed by atoms with E-state index in [4.69, 9.17) is 5.11 Å². The van der Waals surface area contributed by atoms with Gasteiger partial charge in [-0.05, 0) is 17.9 Å². The number of rotatable bonds is 7. The number of carbonyl (C=O) groups is 1. The minimum atomic E-state index is -4.18. The number of aliphatic carboxylic acids is 1. The molecule has 0 aliphatic heterocycles. The topological polar surface area (TPSA) is 127 Å². The molecule has 0 saturated carbocycles. The Morgan fingerprint density at radius 2 is 2.00 bits per heavy atom. The molecule has 2 N–H and O–H groups in total. The molecule has 1 rings (SSSR count). The number of non-ortho nitro benzene ring substituents is 1. The Kier molecular flexibility index (Phi) is 5.61. The van der Waals surface area contributed by atoms with Crippen molar-refractivity contribution in [3.05, 3.63) is 33.9 Å². The Bertz CT molecular complexity index is 684. The first-order valence-electron chi connectivity index (χ1n) is 6.62. The van der Waals surface area contributed by atoms with E-state index >= 15 is 0 Å². The SMILES string of the molecule is CCc1ccc([N+](=O)[O-])cc1S(=O)(=O)NC(C(=O)O)C(C)C. The van der Waals surface area contributed by atoms with E-state index in [1.54, 1.807) is 20.8 Å². The normalized spacial score (nSPS) is 13.1. The molecule has 0 heterocycles. The highest BCUT2D eigenvalue weighted by molar-refractivity contribution is 7.89. The number of nitro benzene ring substituents is 1. The molecule has 1 atom stereocenters. The molecule has 1 unspecified atom stereocenters. The molecule has 0 spiro atoms. The number of hydrogen-bond acceptors (Lipinski definition) is 5. The summed E-state index contributed by atoms with van der Waals surface area (Å²) in [5, 5.41) is 19.9. The number of hydrogen-bond donors (Lipinski definition) is 2. The minimum absolute atomic E-state index is 0.267. The number of carboxylic acid groups (broad SMARTS) is 1. The van der Waals surface area contributed by atoms with Crippen molar-refractivity contribution >= 4 is 21.7 Å². The molecular formula is C13H18N2O6S. The Morgan fingerprint density at radius 3 is 2.41 bits per heavy atom. The fourth-order valence-corrected chi connectivity index (χ4v) is 3.57. The molecule has 0 radical (unpaired) electrons. The van der Waals surface area contributed by atoms with Gasteiger partial charge in [-0.2, -0.15) is 4.72 Å². The zero-order chi connectivity index (χ0) is 17.1. The molecule has 0 aliphatic carbocycles. The first-order valence-corrected chi connectivity index (χ1v) is 8.11. The number of nitro groups is 1. The quantitative estimate of drug-likeness (QED) is 0.577. The largest absolute Gasteiger partial charge is 0.480 e.